The monoisotopic (exact) mass is 273 g/mol. The minimum atomic E-state index is 0.000160. The van der Waals surface area contributed by atoms with Crippen LogP contribution in [0.5, 0.6) is 0 Å². The zero-order valence-electron chi connectivity index (χ0n) is 9.88. The van der Waals surface area contributed by atoms with Gasteiger partial charge in [-0.15, -0.1) is 11.6 Å². The summed E-state index contributed by atoms with van der Waals surface area (Å²) in [7, 11) is 0. The van der Waals surface area contributed by atoms with E-state index < -0.39 is 0 Å². The van der Waals surface area contributed by atoms with E-state index in [-0.39, 0.29) is 11.9 Å². The number of alkyl halides is 1. The molecule has 0 aliphatic carbocycles. The molecule has 0 heterocycles. The maximum atomic E-state index is 11.7. The minimum absolute atomic E-state index is 0.000160. The number of rotatable bonds is 6. The van der Waals surface area contributed by atoms with Crippen LogP contribution in [-0.4, -0.2) is 17.8 Å². The van der Waals surface area contributed by atoms with Gasteiger partial charge >= 0.3 is 0 Å². The van der Waals surface area contributed by atoms with Gasteiger partial charge in [-0.05, 0) is 31.4 Å². The molecule has 0 radical (unpaired) electrons. The minimum Gasteiger partial charge on any atom is -0.353 e. The highest BCUT2D eigenvalue weighted by atomic mass is 35.5. The Balaban J connectivity index is 2.42. The second-order valence-electron chi connectivity index (χ2n) is 4.07. The van der Waals surface area contributed by atoms with Crippen molar-refractivity contribution in [1.82, 2.24) is 5.32 Å². The second-order valence-corrected chi connectivity index (χ2v) is 4.85. The van der Waals surface area contributed by atoms with Crippen molar-refractivity contribution >= 4 is 29.1 Å². The molecule has 1 N–H and O–H groups in total. The van der Waals surface area contributed by atoms with Gasteiger partial charge in [-0.1, -0.05) is 29.8 Å². The Bertz CT molecular complexity index is 368. The number of nitrogens with one attached hydrogen (secondary N) is 1. The molecule has 1 amide bonds. The Morgan fingerprint density at radius 3 is 2.76 bits per heavy atom. The molecule has 1 unspecified atom stereocenters. The third-order valence-electron chi connectivity index (χ3n) is 2.49. The molecule has 4 heteroatoms. The van der Waals surface area contributed by atoms with Crippen LogP contribution in [0.3, 0.4) is 0 Å². The molecule has 17 heavy (non-hydrogen) atoms. The van der Waals surface area contributed by atoms with E-state index in [1.54, 1.807) is 6.07 Å². The summed E-state index contributed by atoms with van der Waals surface area (Å²) < 4.78 is 0. The molecule has 0 aromatic heterocycles. The van der Waals surface area contributed by atoms with E-state index in [0.717, 1.165) is 18.4 Å². The maximum Gasteiger partial charge on any atom is 0.224 e. The highest BCUT2D eigenvalue weighted by Crippen LogP contribution is 2.15. The van der Waals surface area contributed by atoms with Gasteiger partial charge in [-0.25, -0.2) is 0 Å². The molecule has 1 rings (SSSR count). The van der Waals surface area contributed by atoms with Crippen LogP contribution in [0.25, 0.3) is 0 Å². The number of benzene rings is 1. The van der Waals surface area contributed by atoms with Crippen molar-refractivity contribution in [2.75, 3.05) is 5.88 Å². The maximum absolute atomic E-state index is 11.7. The average Bonchev–Trinajstić information content (AvgIpc) is 2.29. The molecule has 0 fully saturated rings. The first-order valence-electron chi connectivity index (χ1n) is 5.72. The van der Waals surface area contributed by atoms with Crippen molar-refractivity contribution in [3.8, 4) is 0 Å². The first-order valence-corrected chi connectivity index (χ1v) is 6.63. The summed E-state index contributed by atoms with van der Waals surface area (Å²) in [4.78, 5) is 11.7. The lowest BCUT2D eigenvalue weighted by Gasteiger charge is -2.13. The lowest BCUT2D eigenvalue weighted by atomic mass is 10.1. The van der Waals surface area contributed by atoms with Crippen molar-refractivity contribution in [2.45, 2.75) is 32.2 Å². The van der Waals surface area contributed by atoms with E-state index in [9.17, 15) is 4.79 Å². The van der Waals surface area contributed by atoms with Gasteiger partial charge in [0.2, 0.25) is 5.91 Å². The Labute approximate surface area is 112 Å². The normalized spacial score (nSPS) is 12.2. The standard InChI is InChI=1S/C13H17Cl2NO/c1-10(5-4-8-14)16-13(17)9-11-6-2-3-7-12(11)15/h2-3,6-7,10H,4-5,8-9H2,1H3,(H,16,17). The van der Waals surface area contributed by atoms with Crippen LogP contribution in [-0.2, 0) is 11.2 Å². The molecule has 0 bridgehead atoms. The smallest absolute Gasteiger partial charge is 0.224 e. The second kappa shape index (κ2) is 7.57. The van der Waals surface area contributed by atoms with Gasteiger partial charge in [0, 0.05) is 16.9 Å². The summed E-state index contributed by atoms with van der Waals surface area (Å²) in [6, 6.07) is 7.55. The van der Waals surface area contributed by atoms with Crippen molar-refractivity contribution in [2.24, 2.45) is 0 Å². The van der Waals surface area contributed by atoms with Gasteiger partial charge in [-0.2, -0.15) is 0 Å². The molecular formula is C13H17Cl2NO. The lowest BCUT2D eigenvalue weighted by Crippen LogP contribution is -2.33. The Hall–Kier alpha value is -0.730. The summed E-state index contributed by atoms with van der Waals surface area (Å²) in [5.74, 6) is 0.630. The van der Waals surface area contributed by atoms with Crippen molar-refractivity contribution in [1.29, 1.82) is 0 Å². The molecule has 0 saturated carbocycles. The van der Waals surface area contributed by atoms with Gasteiger partial charge < -0.3 is 5.32 Å². The fraction of sp³-hybridized carbons (Fsp3) is 0.462. The third kappa shape index (κ3) is 5.42. The third-order valence-corrected chi connectivity index (χ3v) is 3.12. The molecule has 2 nitrogen and oxygen atoms in total. The predicted octanol–water partition coefficient (Wildman–Crippen LogP) is 3.41. The highest BCUT2D eigenvalue weighted by Gasteiger charge is 2.09. The number of hydrogen-bond donors (Lipinski definition) is 1. The van der Waals surface area contributed by atoms with Crippen LogP contribution in [0.15, 0.2) is 24.3 Å². The Kier molecular flexibility index (Phi) is 6.38. The predicted molar refractivity (Wildman–Crippen MR) is 72.7 cm³/mol. The van der Waals surface area contributed by atoms with Gasteiger partial charge in [0.15, 0.2) is 0 Å². The first kappa shape index (κ1) is 14.3. The van der Waals surface area contributed by atoms with Crippen LogP contribution in [0, 0.1) is 0 Å². The first-order chi connectivity index (χ1) is 8.13. The van der Waals surface area contributed by atoms with E-state index in [0.29, 0.717) is 17.3 Å². The molecule has 1 atom stereocenters. The van der Waals surface area contributed by atoms with Crippen LogP contribution in [0.2, 0.25) is 5.02 Å². The molecular weight excluding hydrogens is 257 g/mol. The van der Waals surface area contributed by atoms with Gasteiger partial charge in [-0.3, -0.25) is 4.79 Å². The van der Waals surface area contributed by atoms with Crippen LogP contribution in [0.4, 0.5) is 0 Å². The van der Waals surface area contributed by atoms with E-state index in [1.165, 1.54) is 0 Å². The van der Waals surface area contributed by atoms with Gasteiger partial charge in [0.25, 0.3) is 0 Å². The highest BCUT2D eigenvalue weighted by molar-refractivity contribution is 6.31. The fourth-order valence-electron chi connectivity index (χ4n) is 1.60. The molecule has 1 aromatic carbocycles. The molecule has 0 spiro atoms. The number of amides is 1. The van der Waals surface area contributed by atoms with Crippen LogP contribution in [0.1, 0.15) is 25.3 Å². The number of carbonyl (C=O) groups excluding carboxylic acids is 1. The van der Waals surface area contributed by atoms with Crippen LogP contribution < -0.4 is 5.32 Å². The lowest BCUT2D eigenvalue weighted by molar-refractivity contribution is -0.121. The van der Waals surface area contributed by atoms with E-state index >= 15 is 0 Å². The summed E-state index contributed by atoms with van der Waals surface area (Å²) >= 11 is 11.6. The Morgan fingerprint density at radius 2 is 2.12 bits per heavy atom. The average molecular weight is 274 g/mol. The molecule has 0 saturated heterocycles. The van der Waals surface area contributed by atoms with Crippen molar-refractivity contribution in [3.63, 3.8) is 0 Å². The summed E-state index contributed by atoms with van der Waals surface area (Å²) in [6.07, 6.45) is 2.14. The summed E-state index contributed by atoms with van der Waals surface area (Å²) in [6.45, 7) is 1.98. The zero-order valence-corrected chi connectivity index (χ0v) is 11.4. The number of carbonyl (C=O) groups is 1. The zero-order chi connectivity index (χ0) is 12.7. The van der Waals surface area contributed by atoms with Crippen LogP contribution >= 0.6 is 23.2 Å². The van der Waals surface area contributed by atoms with Crippen molar-refractivity contribution in [3.05, 3.63) is 34.9 Å². The van der Waals surface area contributed by atoms with Gasteiger partial charge in [0.1, 0.15) is 0 Å². The molecule has 1 aromatic rings. The quantitative estimate of drug-likeness (QED) is 0.791. The molecule has 0 aliphatic heterocycles. The topological polar surface area (TPSA) is 29.1 Å². The summed E-state index contributed by atoms with van der Waals surface area (Å²) in [5.41, 5.74) is 0.858. The van der Waals surface area contributed by atoms with E-state index in [2.05, 4.69) is 5.32 Å². The molecule has 94 valence electrons. The molecule has 0 aliphatic rings. The number of hydrogen-bond acceptors (Lipinski definition) is 1. The summed E-state index contributed by atoms with van der Waals surface area (Å²) in [5, 5.41) is 3.57. The SMILES string of the molecule is CC(CCCCl)NC(=O)Cc1ccccc1Cl. The Morgan fingerprint density at radius 1 is 1.41 bits per heavy atom. The largest absolute Gasteiger partial charge is 0.353 e. The van der Waals surface area contributed by atoms with E-state index in [4.69, 9.17) is 23.2 Å². The van der Waals surface area contributed by atoms with Gasteiger partial charge in [0.05, 0.1) is 6.42 Å². The fourth-order valence-corrected chi connectivity index (χ4v) is 1.95. The van der Waals surface area contributed by atoms with E-state index in [1.807, 2.05) is 25.1 Å². The van der Waals surface area contributed by atoms with Crippen molar-refractivity contribution < 1.29 is 4.79 Å². The number of halogens is 2.